The van der Waals surface area contributed by atoms with Crippen LogP contribution in [0.1, 0.15) is 59.3 Å². The van der Waals surface area contributed by atoms with Gasteiger partial charge in [0, 0.05) is 0 Å². The molecule has 0 spiro atoms. The summed E-state index contributed by atoms with van der Waals surface area (Å²) < 4.78 is 5.37. The van der Waals surface area contributed by atoms with Crippen LogP contribution < -0.4 is 5.32 Å². The van der Waals surface area contributed by atoms with Crippen LogP contribution in [0.15, 0.2) is 0 Å². The molecule has 0 bridgehead atoms. The summed E-state index contributed by atoms with van der Waals surface area (Å²) in [7, 11) is -1.68. The van der Waals surface area contributed by atoms with E-state index >= 15 is 0 Å². The van der Waals surface area contributed by atoms with Gasteiger partial charge < -0.3 is 20.1 Å². The molecule has 168 valence electrons. The second-order valence-corrected chi connectivity index (χ2v) is 15.1. The molecule has 2 N–H and O–H groups in total. The first-order valence-corrected chi connectivity index (χ1v) is 14.4. The van der Waals surface area contributed by atoms with Crippen molar-refractivity contribution in [1.82, 2.24) is 10.2 Å². The van der Waals surface area contributed by atoms with Crippen molar-refractivity contribution in [2.45, 2.75) is 103 Å². The van der Waals surface area contributed by atoms with E-state index in [-0.39, 0.29) is 11.8 Å². The number of nitrogens with zero attached hydrogens (tertiary/aromatic N) is 1. The highest BCUT2D eigenvalue weighted by Gasteiger charge is 2.45. The number of rotatable bonds is 4. The van der Waals surface area contributed by atoms with Crippen LogP contribution in [0.4, 0.5) is 4.79 Å². The van der Waals surface area contributed by atoms with Crippen molar-refractivity contribution in [3.8, 4) is 11.5 Å². The van der Waals surface area contributed by atoms with E-state index in [0.717, 1.165) is 25.7 Å². The van der Waals surface area contributed by atoms with Gasteiger partial charge in [0.25, 0.3) is 0 Å². The second kappa shape index (κ2) is 9.42. The van der Waals surface area contributed by atoms with E-state index in [1.165, 1.54) is 4.90 Å². The second-order valence-electron chi connectivity index (χ2n) is 10.4. The molecule has 1 heterocycles. The topological polar surface area (TPSA) is 95.9 Å². The standard InChI is InChI=1S/C22H36N2O5Si/c1-22(2,3)29-21(28)23-18(15-9-7-8-10-15)19(25)24-16(13-14-30(4,5)6)11-12-17(24)20(26)27/h15-18H,7-12H2,1-6H3,(H,23,28)(H,26,27)/t16-,17-,18+/m1/s1. The first-order valence-electron chi connectivity index (χ1n) is 10.9. The van der Waals surface area contributed by atoms with Crippen LogP contribution in [0.3, 0.4) is 0 Å². The number of carboxylic acids is 1. The zero-order chi connectivity index (χ0) is 22.7. The highest BCUT2D eigenvalue weighted by atomic mass is 28.3. The number of carbonyl (C=O) groups excluding carboxylic acids is 2. The molecule has 2 fully saturated rings. The molecule has 7 nitrogen and oxygen atoms in total. The molecule has 1 aliphatic heterocycles. The van der Waals surface area contributed by atoms with Crippen molar-refractivity contribution in [3.63, 3.8) is 0 Å². The first-order chi connectivity index (χ1) is 13.8. The van der Waals surface area contributed by atoms with Gasteiger partial charge in [-0.1, -0.05) is 38.4 Å². The first kappa shape index (κ1) is 24.3. The smallest absolute Gasteiger partial charge is 0.408 e. The fourth-order valence-corrected chi connectivity index (χ4v) is 4.67. The molecule has 0 aromatic carbocycles. The van der Waals surface area contributed by atoms with Gasteiger partial charge in [-0.25, -0.2) is 9.59 Å². The van der Waals surface area contributed by atoms with Crippen molar-refractivity contribution in [1.29, 1.82) is 0 Å². The van der Waals surface area contributed by atoms with Crippen molar-refractivity contribution in [3.05, 3.63) is 0 Å². The average Bonchev–Trinajstić information content (AvgIpc) is 3.24. The fraction of sp³-hybridized carbons (Fsp3) is 0.773. The van der Waals surface area contributed by atoms with Gasteiger partial charge in [-0.3, -0.25) is 4.79 Å². The molecular weight excluding hydrogens is 400 g/mol. The Morgan fingerprint density at radius 3 is 2.20 bits per heavy atom. The Hall–Kier alpha value is -2.01. The molecular formula is C22H36N2O5Si. The third kappa shape index (κ3) is 6.76. The maximum atomic E-state index is 13.6. The van der Waals surface area contributed by atoms with Gasteiger partial charge in [-0.2, -0.15) is 0 Å². The zero-order valence-corrected chi connectivity index (χ0v) is 20.1. The van der Waals surface area contributed by atoms with Crippen LogP contribution in [-0.4, -0.2) is 59.8 Å². The Morgan fingerprint density at radius 1 is 1.10 bits per heavy atom. The summed E-state index contributed by atoms with van der Waals surface area (Å²) >= 11 is 0. The van der Waals surface area contributed by atoms with Crippen molar-refractivity contribution >= 4 is 26.0 Å². The summed E-state index contributed by atoms with van der Waals surface area (Å²) in [5, 5.41) is 12.5. The molecule has 30 heavy (non-hydrogen) atoms. The van der Waals surface area contributed by atoms with Gasteiger partial charge in [-0.05, 0) is 52.4 Å². The van der Waals surface area contributed by atoms with Gasteiger partial charge in [0.05, 0.1) is 6.04 Å². The molecule has 1 aliphatic carbocycles. The lowest BCUT2D eigenvalue weighted by atomic mass is 9.96. The van der Waals surface area contributed by atoms with E-state index in [1.54, 1.807) is 20.8 Å². The van der Waals surface area contributed by atoms with Crippen molar-refractivity contribution in [2.24, 2.45) is 5.92 Å². The number of amides is 2. The fourth-order valence-electron chi connectivity index (χ4n) is 4.07. The molecule has 0 unspecified atom stereocenters. The predicted molar refractivity (Wildman–Crippen MR) is 118 cm³/mol. The quantitative estimate of drug-likeness (QED) is 0.520. The maximum Gasteiger partial charge on any atom is 0.408 e. The van der Waals surface area contributed by atoms with E-state index in [1.807, 2.05) is 0 Å². The summed E-state index contributed by atoms with van der Waals surface area (Å²) in [6, 6.07) is -2.14. The van der Waals surface area contributed by atoms with E-state index in [2.05, 4.69) is 36.4 Å². The molecule has 0 aromatic heterocycles. The Balaban J connectivity index is 2.31. The minimum Gasteiger partial charge on any atom is -0.480 e. The molecule has 1 saturated heterocycles. The number of nitrogens with one attached hydrogen (secondary N) is 1. The summed E-state index contributed by atoms with van der Waals surface area (Å²) in [4.78, 5) is 39.4. The Kier molecular flexibility index (Phi) is 7.62. The minimum atomic E-state index is -1.68. The summed E-state index contributed by atoms with van der Waals surface area (Å²) in [6.45, 7) is 11.6. The third-order valence-corrected chi connectivity index (χ3v) is 6.24. The van der Waals surface area contributed by atoms with Crippen LogP contribution in [0.2, 0.25) is 19.6 Å². The van der Waals surface area contributed by atoms with Crippen molar-refractivity contribution < 1.29 is 24.2 Å². The predicted octanol–water partition coefficient (Wildman–Crippen LogP) is 3.39. The molecule has 1 saturated carbocycles. The molecule has 2 rings (SSSR count). The number of likely N-dealkylation sites (tertiary alicyclic amines) is 1. The Morgan fingerprint density at radius 2 is 1.70 bits per heavy atom. The molecule has 2 amide bonds. The zero-order valence-electron chi connectivity index (χ0n) is 19.1. The third-order valence-electron chi connectivity index (χ3n) is 5.35. The van der Waals surface area contributed by atoms with Crippen LogP contribution in [0, 0.1) is 17.4 Å². The largest absolute Gasteiger partial charge is 0.480 e. The van der Waals surface area contributed by atoms with Gasteiger partial charge in [-0.15, -0.1) is 5.54 Å². The summed E-state index contributed by atoms with van der Waals surface area (Å²) in [5.74, 6) is 1.78. The number of hydrogen-bond donors (Lipinski definition) is 2. The number of aliphatic carboxylic acids is 1. The van der Waals surface area contributed by atoms with Crippen molar-refractivity contribution in [2.75, 3.05) is 0 Å². The maximum absolute atomic E-state index is 13.6. The molecule has 0 aromatic rings. The lowest BCUT2D eigenvalue weighted by molar-refractivity contribution is -0.150. The number of carbonyl (C=O) groups is 3. The summed E-state index contributed by atoms with van der Waals surface area (Å²) in [5.41, 5.74) is 2.59. The lowest BCUT2D eigenvalue weighted by Gasteiger charge is -2.33. The number of ether oxygens (including phenoxy) is 1. The number of hydrogen-bond acceptors (Lipinski definition) is 4. The minimum absolute atomic E-state index is 0.0225. The highest BCUT2D eigenvalue weighted by Crippen LogP contribution is 2.32. The van der Waals surface area contributed by atoms with Gasteiger partial charge >= 0.3 is 12.1 Å². The lowest BCUT2D eigenvalue weighted by Crippen LogP contribution is -2.56. The van der Waals surface area contributed by atoms with E-state index in [0.29, 0.717) is 12.8 Å². The van der Waals surface area contributed by atoms with E-state index < -0.39 is 43.9 Å². The van der Waals surface area contributed by atoms with E-state index in [4.69, 9.17) is 4.74 Å². The Labute approximate surface area is 180 Å². The van der Waals surface area contributed by atoms with Crippen LogP contribution in [0.25, 0.3) is 0 Å². The number of carboxylic acid groups (broad SMARTS) is 1. The average molecular weight is 437 g/mol. The summed E-state index contributed by atoms with van der Waals surface area (Å²) in [6.07, 6.45) is 3.88. The monoisotopic (exact) mass is 436 g/mol. The normalized spacial score (nSPS) is 23.5. The molecule has 0 radical (unpaired) electrons. The van der Waals surface area contributed by atoms with E-state index in [9.17, 15) is 19.5 Å². The van der Waals surface area contributed by atoms with Crippen LogP contribution in [0.5, 0.6) is 0 Å². The molecule has 8 heteroatoms. The van der Waals surface area contributed by atoms with Gasteiger partial charge in [0.15, 0.2) is 0 Å². The molecule has 3 atom stereocenters. The van der Waals surface area contributed by atoms with Gasteiger partial charge in [0.2, 0.25) is 5.91 Å². The highest BCUT2D eigenvalue weighted by molar-refractivity contribution is 6.83. The van der Waals surface area contributed by atoms with Crippen LogP contribution >= 0.6 is 0 Å². The Bertz CT molecular complexity index is 723. The number of alkyl carbamates (subject to hydrolysis) is 1. The SMILES string of the molecule is CC(C)(C)OC(=O)N[C@H](C(=O)N1[C@@H](C(=O)O)CC[C@@H]1C#C[Si](C)(C)C)C1CCCC1. The van der Waals surface area contributed by atoms with Crippen LogP contribution in [-0.2, 0) is 14.3 Å². The molecule has 2 aliphatic rings. The van der Waals surface area contributed by atoms with Gasteiger partial charge in [0.1, 0.15) is 25.8 Å².